The van der Waals surface area contributed by atoms with Gasteiger partial charge in [-0.15, -0.1) is 4.91 Å². The maximum atomic E-state index is 10.6. The molecule has 9 heavy (non-hydrogen) atoms. The van der Waals surface area contributed by atoms with Crippen LogP contribution in [0.15, 0.2) is 5.29 Å². The quantitative estimate of drug-likeness (QED) is 0.482. The van der Waals surface area contributed by atoms with Gasteiger partial charge in [-0.05, 0) is 6.42 Å². The molecule has 0 radical (unpaired) electrons. The molecule has 52 valence electrons. The van der Waals surface area contributed by atoms with Crippen molar-refractivity contribution in [1.29, 1.82) is 0 Å². The molecule has 0 aromatic carbocycles. The lowest BCUT2D eigenvalue weighted by Gasteiger charge is -2.01. The Bertz CT molecular complexity index is 209. The van der Waals surface area contributed by atoms with Crippen LogP contribution in [-0.4, -0.2) is 25.1 Å². The Balaban J connectivity index is 2.87. The first-order valence-corrected chi connectivity index (χ1v) is 4.11. The van der Waals surface area contributed by atoms with Crippen molar-refractivity contribution in [1.82, 2.24) is 4.41 Å². The van der Waals surface area contributed by atoms with Crippen molar-refractivity contribution in [3.63, 3.8) is 0 Å². The molecular formula is C3H6N2O3S. The summed E-state index contributed by atoms with van der Waals surface area (Å²) in [6, 6.07) is 0. The Morgan fingerprint density at radius 3 is 2.33 bits per heavy atom. The molecule has 1 aliphatic rings. The summed E-state index contributed by atoms with van der Waals surface area (Å²) in [4.78, 5) is 9.72. The molecule has 1 heterocycles. The van der Waals surface area contributed by atoms with E-state index in [1.165, 1.54) is 0 Å². The second kappa shape index (κ2) is 1.94. The van der Waals surface area contributed by atoms with Gasteiger partial charge in [-0.1, -0.05) is 0 Å². The molecule has 0 amide bonds. The molecule has 0 bridgehead atoms. The summed E-state index contributed by atoms with van der Waals surface area (Å²) in [6.45, 7) is 0.242. The summed E-state index contributed by atoms with van der Waals surface area (Å²) in [7, 11) is -3.28. The fraction of sp³-hybridized carbons (Fsp3) is 1.00. The summed E-state index contributed by atoms with van der Waals surface area (Å²) in [5.74, 6) is 0.0543. The van der Waals surface area contributed by atoms with Gasteiger partial charge in [-0.25, -0.2) is 8.42 Å². The summed E-state index contributed by atoms with van der Waals surface area (Å²) in [5, 5.41) is 2.34. The standard InChI is InChI=1S/C3H6N2O3S/c6-4-5-2-1-3-9(5,7)8/h1-3H2. The van der Waals surface area contributed by atoms with E-state index in [9.17, 15) is 13.3 Å². The lowest BCUT2D eigenvalue weighted by atomic mass is 10.5. The fourth-order valence-corrected chi connectivity index (χ4v) is 1.93. The Morgan fingerprint density at radius 2 is 2.11 bits per heavy atom. The predicted molar refractivity (Wildman–Crippen MR) is 30.9 cm³/mol. The summed E-state index contributed by atoms with van der Waals surface area (Å²) in [6.07, 6.45) is 0.508. The van der Waals surface area contributed by atoms with Gasteiger partial charge in [0, 0.05) is 0 Å². The molecule has 1 saturated heterocycles. The van der Waals surface area contributed by atoms with Gasteiger partial charge in [0.25, 0.3) is 10.0 Å². The molecular weight excluding hydrogens is 144 g/mol. The van der Waals surface area contributed by atoms with Gasteiger partial charge in [0.1, 0.15) is 0 Å². The van der Waals surface area contributed by atoms with Crippen molar-refractivity contribution in [3.8, 4) is 0 Å². The first-order chi connectivity index (χ1) is 4.17. The third-order valence-electron chi connectivity index (χ3n) is 1.16. The Kier molecular flexibility index (Phi) is 1.40. The minimum absolute atomic E-state index is 0.0543. The van der Waals surface area contributed by atoms with E-state index in [1.54, 1.807) is 0 Å². The van der Waals surface area contributed by atoms with E-state index in [4.69, 9.17) is 0 Å². The second-order valence-corrected chi connectivity index (χ2v) is 3.79. The Labute approximate surface area is 52.6 Å². The molecule has 6 heteroatoms. The SMILES string of the molecule is O=NN1CCCS1(=O)=O. The summed E-state index contributed by atoms with van der Waals surface area (Å²) in [5.41, 5.74) is 0. The second-order valence-electron chi connectivity index (χ2n) is 1.80. The van der Waals surface area contributed by atoms with Gasteiger partial charge < -0.3 is 0 Å². The van der Waals surface area contributed by atoms with Crippen LogP contribution in [0, 0.1) is 4.91 Å². The van der Waals surface area contributed by atoms with Crippen LogP contribution in [0.4, 0.5) is 0 Å². The normalized spacial score (nSPS) is 24.2. The number of hydrogen-bond acceptors (Lipinski definition) is 4. The van der Waals surface area contributed by atoms with Crippen LogP contribution in [0.5, 0.6) is 0 Å². The zero-order valence-corrected chi connectivity index (χ0v) is 5.47. The van der Waals surface area contributed by atoms with Crippen LogP contribution in [-0.2, 0) is 10.0 Å². The molecule has 1 aliphatic heterocycles. The van der Waals surface area contributed by atoms with Crippen LogP contribution in [0.25, 0.3) is 0 Å². The van der Waals surface area contributed by atoms with Gasteiger partial charge in [0.15, 0.2) is 0 Å². The molecule has 0 atom stereocenters. The van der Waals surface area contributed by atoms with Gasteiger partial charge in [-0.3, -0.25) is 0 Å². The minimum Gasteiger partial charge on any atom is -0.205 e. The highest BCUT2D eigenvalue weighted by molar-refractivity contribution is 7.89. The molecule has 0 aliphatic carbocycles. The van der Waals surface area contributed by atoms with E-state index >= 15 is 0 Å². The zero-order valence-electron chi connectivity index (χ0n) is 4.65. The van der Waals surface area contributed by atoms with Crippen LogP contribution in [0.1, 0.15) is 6.42 Å². The molecule has 0 aromatic heterocycles. The molecule has 0 spiro atoms. The molecule has 1 fully saturated rings. The van der Waals surface area contributed by atoms with Gasteiger partial charge in [-0.2, -0.15) is 4.41 Å². The van der Waals surface area contributed by atoms with Gasteiger partial charge >= 0.3 is 0 Å². The number of nitroso groups, excluding NO2 is 1. The highest BCUT2D eigenvalue weighted by Gasteiger charge is 2.27. The van der Waals surface area contributed by atoms with Crippen molar-refractivity contribution in [2.24, 2.45) is 5.29 Å². The third kappa shape index (κ3) is 1.02. The average Bonchev–Trinajstić information content (AvgIpc) is 2.08. The van der Waals surface area contributed by atoms with E-state index in [2.05, 4.69) is 5.29 Å². The van der Waals surface area contributed by atoms with Crippen LogP contribution in [0.2, 0.25) is 0 Å². The molecule has 0 N–H and O–H groups in total. The van der Waals surface area contributed by atoms with E-state index in [0.29, 0.717) is 10.8 Å². The highest BCUT2D eigenvalue weighted by atomic mass is 32.2. The molecule has 0 aromatic rings. The van der Waals surface area contributed by atoms with Crippen molar-refractivity contribution in [3.05, 3.63) is 4.91 Å². The number of nitrogens with zero attached hydrogens (tertiary/aromatic N) is 2. The van der Waals surface area contributed by atoms with Crippen molar-refractivity contribution >= 4 is 10.0 Å². The molecule has 1 rings (SSSR count). The molecule has 0 unspecified atom stereocenters. The molecule has 5 nitrogen and oxygen atoms in total. The minimum atomic E-state index is -3.28. The number of hydrogen-bond donors (Lipinski definition) is 0. The predicted octanol–water partition coefficient (Wildman–Crippen LogP) is -0.297. The van der Waals surface area contributed by atoms with E-state index in [1.807, 2.05) is 0 Å². The van der Waals surface area contributed by atoms with Crippen molar-refractivity contribution < 1.29 is 8.42 Å². The highest BCUT2D eigenvalue weighted by Crippen LogP contribution is 2.12. The Morgan fingerprint density at radius 1 is 1.44 bits per heavy atom. The number of sulfonamides is 1. The van der Waals surface area contributed by atoms with Gasteiger partial charge in [0.05, 0.1) is 17.6 Å². The maximum absolute atomic E-state index is 10.6. The molecule has 0 saturated carbocycles. The van der Waals surface area contributed by atoms with E-state index < -0.39 is 10.0 Å². The van der Waals surface area contributed by atoms with Crippen molar-refractivity contribution in [2.45, 2.75) is 6.42 Å². The monoisotopic (exact) mass is 150 g/mol. The smallest absolute Gasteiger partial charge is 0.205 e. The summed E-state index contributed by atoms with van der Waals surface area (Å²) >= 11 is 0. The van der Waals surface area contributed by atoms with Crippen LogP contribution in [0.3, 0.4) is 0 Å². The third-order valence-corrected chi connectivity index (χ3v) is 2.86. The first-order valence-electron chi connectivity index (χ1n) is 2.50. The number of rotatable bonds is 1. The average molecular weight is 150 g/mol. The first kappa shape index (κ1) is 6.47. The lowest BCUT2D eigenvalue weighted by Crippen LogP contribution is -2.18. The van der Waals surface area contributed by atoms with E-state index in [-0.39, 0.29) is 12.3 Å². The van der Waals surface area contributed by atoms with Crippen molar-refractivity contribution in [2.75, 3.05) is 12.3 Å². The Hall–Kier alpha value is -0.650. The summed E-state index contributed by atoms with van der Waals surface area (Å²) < 4.78 is 21.8. The zero-order chi connectivity index (χ0) is 6.91. The fourth-order valence-electron chi connectivity index (χ4n) is 0.718. The maximum Gasteiger partial charge on any atom is 0.252 e. The van der Waals surface area contributed by atoms with E-state index in [0.717, 1.165) is 0 Å². The largest absolute Gasteiger partial charge is 0.252 e. The van der Waals surface area contributed by atoms with Crippen LogP contribution >= 0.6 is 0 Å². The van der Waals surface area contributed by atoms with Gasteiger partial charge in [0.2, 0.25) is 0 Å². The topological polar surface area (TPSA) is 66.8 Å². The van der Waals surface area contributed by atoms with Crippen LogP contribution < -0.4 is 0 Å². The lowest BCUT2D eigenvalue weighted by molar-refractivity contribution is 0.462.